The molecule has 0 saturated heterocycles. The average molecular weight is 477 g/mol. The van der Waals surface area contributed by atoms with Crippen molar-refractivity contribution in [2.75, 3.05) is 12.4 Å². The smallest absolute Gasteiger partial charge is 0.298 e. The van der Waals surface area contributed by atoms with Gasteiger partial charge in [-0.3, -0.25) is 27.8 Å². The molecule has 11 heteroatoms. The van der Waals surface area contributed by atoms with E-state index >= 15 is 0 Å². The maximum Gasteiger partial charge on any atom is 0.332 e. The van der Waals surface area contributed by atoms with Gasteiger partial charge in [0.05, 0.1) is 47.5 Å². The lowest BCUT2D eigenvalue weighted by Gasteiger charge is -2.15. The molecular weight excluding hydrogens is 451 g/mol. The Bertz CT molecular complexity index is 1460. The van der Waals surface area contributed by atoms with Crippen LogP contribution in [0.1, 0.15) is 31.7 Å². The summed E-state index contributed by atoms with van der Waals surface area (Å²) in [5.41, 5.74) is -1.39. The van der Waals surface area contributed by atoms with E-state index in [2.05, 4.69) is 5.10 Å². The fourth-order valence-electron chi connectivity index (χ4n) is 3.89. The van der Waals surface area contributed by atoms with Gasteiger partial charge in [0.1, 0.15) is 0 Å². The van der Waals surface area contributed by atoms with Crippen molar-refractivity contribution in [1.82, 2.24) is 18.9 Å². The van der Waals surface area contributed by atoms with Crippen LogP contribution in [0.5, 0.6) is 0 Å². The fourth-order valence-corrected chi connectivity index (χ4v) is 5.80. The first-order chi connectivity index (χ1) is 15.6. The van der Waals surface area contributed by atoms with Gasteiger partial charge in [-0.2, -0.15) is 5.10 Å². The highest BCUT2D eigenvalue weighted by atomic mass is 32.2. The Morgan fingerprint density at radius 3 is 2.52 bits per heavy atom. The summed E-state index contributed by atoms with van der Waals surface area (Å²) in [4.78, 5) is 38.5. The number of Topliss-reactive ketones (excluding diaryl/α,β-unsaturated/α-hetero) is 1. The maximum atomic E-state index is 13.3. The first-order valence-electron chi connectivity index (χ1n) is 10.6. The van der Waals surface area contributed by atoms with Crippen molar-refractivity contribution < 1.29 is 17.6 Å². The number of hydrogen-bond donors (Lipinski definition) is 0. The van der Waals surface area contributed by atoms with Crippen molar-refractivity contribution in [3.63, 3.8) is 0 Å². The molecule has 0 spiro atoms. The molecule has 176 valence electrons. The number of aryl methyl sites for hydroxylation is 1. The molecule has 0 unspecified atom stereocenters. The van der Waals surface area contributed by atoms with Crippen LogP contribution >= 0.6 is 0 Å². The summed E-state index contributed by atoms with van der Waals surface area (Å²) < 4.78 is 42.9. The highest BCUT2D eigenvalue weighted by Gasteiger charge is 2.46. The van der Waals surface area contributed by atoms with Crippen LogP contribution in [0.15, 0.2) is 45.1 Å². The lowest BCUT2D eigenvalue weighted by atomic mass is 10.2. The third-order valence-corrected chi connectivity index (χ3v) is 8.08. The number of benzene rings is 1. The van der Waals surface area contributed by atoms with Crippen molar-refractivity contribution in [3.05, 3.63) is 57.0 Å². The van der Waals surface area contributed by atoms with Crippen molar-refractivity contribution in [2.45, 2.75) is 44.2 Å². The van der Waals surface area contributed by atoms with Crippen LogP contribution in [-0.2, 0) is 34.8 Å². The third-order valence-electron chi connectivity index (χ3n) is 6.12. The number of aromatic nitrogens is 4. The number of ketones is 1. The molecule has 3 aromatic rings. The minimum absolute atomic E-state index is 0.00793. The Kier molecular flexibility index (Phi) is 5.85. The van der Waals surface area contributed by atoms with E-state index in [1.807, 2.05) is 0 Å². The minimum Gasteiger partial charge on any atom is -0.298 e. The van der Waals surface area contributed by atoms with Crippen LogP contribution in [0.4, 0.5) is 4.39 Å². The molecule has 2 aromatic heterocycles. The lowest BCUT2D eigenvalue weighted by Crippen LogP contribution is -2.41. The molecule has 2 heterocycles. The minimum atomic E-state index is -3.85. The first-order valence-corrected chi connectivity index (χ1v) is 12.3. The van der Waals surface area contributed by atoms with Crippen LogP contribution in [0.25, 0.3) is 10.9 Å². The second-order valence-corrected chi connectivity index (χ2v) is 10.7. The largest absolute Gasteiger partial charge is 0.332 e. The number of rotatable bonds is 9. The average Bonchev–Trinajstić information content (AvgIpc) is 3.43. The van der Waals surface area contributed by atoms with Crippen molar-refractivity contribution in [3.8, 4) is 0 Å². The number of carbonyl (C=O) groups is 1. The standard InChI is InChI=1S/C22H25FN4O5S/c1-3-16(28)12-26-19-5-4-17(33(31,32)14-22(13-23)6-7-22)8-18(19)20(29)27(21(26)30)11-15-9-24-25(2)10-15/h4-5,8-10H,3,6-7,11-14H2,1-2H3. The predicted molar refractivity (Wildman–Crippen MR) is 120 cm³/mol. The van der Waals surface area contributed by atoms with Crippen LogP contribution in [0.2, 0.25) is 0 Å². The van der Waals surface area contributed by atoms with E-state index in [1.165, 1.54) is 33.6 Å². The van der Waals surface area contributed by atoms with Gasteiger partial charge < -0.3 is 0 Å². The molecule has 0 N–H and O–H groups in total. The second-order valence-electron chi connectivity index (χ2n) is 8.75. The molecule has 0 amide bonds. The van der Waals surface area contributed by atoms with E-state index in [1.54, 1.807) is 20.2 Å². The van der Waals surface area contributed by atoms with Crippen molar-refractivity contribution in [1.29, 1.82) is 0 Å². The van der Waals surface area contributed by atoms with Crippen molar-refractivity contribution >= 4 is 26.5 Å². The summed E-state index contributed by atoms with van der Waals surface area (Å²) >= 11 is 0. The van der Waals surface area contributed by atoms with E-state index < -0.39 is 33.2 Å². The van der Waals surface area contributed by atoms with Gasteiger partial charge in [0.25, 0.3) is 5.56 Å². The van der Waals surface area contributed by atoms with Crippen molar-refractivity contribution in [2.24, 2.45) is 12.5 Å². The van der Waals surface area contributed by atoms with Gasteiger partial charge in [0.15, 0.2) is 15.6 Å². The quantitative estimate of drug-likeness (QED) is 0.462. The Labute approximate surface area is 189 Å². The molecular formula is C22H25FN4O5S. The molecule has 1 aliphatic carbocycles. The van der Waals surface area contributed by atoms with Crippen LogP contribution in [0.3, 0.4) is 0 Å². The Hall–Kier alpha value is -3.08. The molecule has 1 aliphatic rings. The zero-order valence-corrected chi connectivity index (χ0v) is 19.3. The normalized spacial score (nSPS) is 15.1. The predicted octanol–water partition coefficient (Wildman–Crippen LogP) is 1.45. The number of hydrogen-bond acceptors (Lipinski definition) is 6. The third kappa shape index (κ3) is 4.41. The number of halogens is 1. The van der Waals surface area contributed by atoms with Gasteiger partial charge >= 0.3 is 5.69 Å². The Balaban J connectivity index is 1.89. The van der Waals surface area contributed by atoms with E-state index in [0.29, 0.717) is 18.4 Å². The molecule has 33 heavy (non-hydrogen) atoms. The number of alkyl halides is 1. The van der Waals surface area contributed by atoms with Gasteiger partial charge in [-0.05, 0) is 31.0 Å². The molecule has 1 saturated carbocycles. The van der Waals surface area contributed by atoms with Gasteiger partial charge in [-0.25, -0.2) is 13.2 Å². The van der Waals surface area contributed by atoms with Gasteiger partial charge in [-0.15, -0.1) is 0 Å². The summed E-state index contributed by atoms with van der Waals surface area (Å²) in [6.07, 6.45) is 4.39. The monoisotopic (exact) mass is 476 g/mol. The highest BCUT2D eigenvalue weighted by molar-refractivity contribution is 7.91. The zero-order valence-electron chi connectivity index (χ0n) is 18.5. The number of fused-ring (bicyclic) bond motifs is 1. The van der Waals surface area contributed by atoms with Crippen LogP contribution < -0.4 is 11.2 Å². The first kappa shape index (κ1) is 23.1. The summed E-state index contributed by atoms with van der Waals surface area (Å²) in [6, 6.07) is 3.91. The Morgan fingerprint density at radius 1 is 1.21 bits per heavy atom. The van der Waals surface area contributed by atoms with Gasteiger partial charge in [0, 0.05) is 30.6 Å². The van der Waals surface area contributed by atoms with E-state index in [0.717, 1.165) is 4.57 Å². The molecule has 1 aromatic carbocycles. The molecule has 1 fully saturated rings. The zero-order chi connectivity index (χ0) is 24.0. The van der Waals surface area contributed by atoms with E-state index in [-0.39, 0.29) is 46.8 Å². The lowest BCUT2D eigenvalue weighted by molar-refractivity contribution is -0.119. The van der Waals surface area contributed by atoms with Crippen LogP contribution in [0, 0.1) is 5.41 Å². The fraction of sp³-hybridized carbons (Fsp3) is 0.455. The van der Waals surface area contributed by atoms with E-state index in [4.69, 9.17) is 0 Å². The molecule has 9 nitrogen and oxygen atoms in total. The SMILES string of the molecule is CCC(=O)Cn1c(=O)n(Cc2cnn(C)c2)c(=O)c2cc(S(=O)(=O)CC3(CF)CC3)ccc21. The molecule has 0 atom stereocenters. The summed E-state index contributed by atoms with van der Waals surface area (Å²) in [5.74, 6) is -0.542. The second kappa shape index (κ2) is 8.36. The molecule has 0 aliphatic heterocycles. The maximum absolute atomic E-state index is 13.3. The number of nitrogens with zero attached hydrogens (tertiary/aromatic N) is 4. The van der Waals surface area contributed by atoms with Crippen LogP contribution in [-0.4, -0.2) is 45.5 Å². The number of sulfone groups is 1. The summed E-state index contributed by atoms with van der Waals surface area (Å²) in [5, 5.41) is 4.05. The summed E-state index contributed by atoms with van der Waals surface area (Å²) in [6.45, 7) is 0.640. The number of carbonyl (C=O) groups excluding carboxylic acids is 1. The highest BCUT2D eigenvalue weighted by Crippen LogP contribution is 2.47. The van der Waals surface area contributed by atoms with Gasteiger partial charge in [0.2, 0.25) is 0 Å². The Morgan fingerprint density at radius 2 is 1.94 bits per heavy atom. The molecule has 0 radical (unpaired) electrons. The summed E-state index contributed by atoms with van der Waals surface area (Å²) in [7, 11) is -2.15. The van der Waals surface area contributed by atoms with E-state index in [9.17, 15) is 27.2 Å². The topological polar surface area (TPSA) is 113 Å². The molecule has 4 rings (SSSR count). The molecule has 0 bridgehead atoms. The van der Waals surface area contributed by atoms with Gasteiger partial charge in [-0.1, -0.05) is 6.92 Å².